The molecule has 0 unspecified atom stereocenters. The van der Waals surface area contributed by atoms with Crippen LogP contribution < -0.4 is 5.32 Å². The third-order valence-electron chi connectivity index (χ3n) is 5.94. The van der Waals surface area contributed by atoms with Crippen molar-refractivity contribution in [3.63, 3.8) is 0 Å². The van der Waals surface area contributed by atoms with Crippen LogP contribution in [-0.4, -0.2) is 41.9 Å². The zero-order valence-electron chi connectivity index (χ0n) is 20.6. The summed E-state index contributed by atoms with van der Waals surface area (Å²) in [6.07, 6.45) is 1.65. The van der Waals surface area contributed by atoms with Crippen LogP contribution in [0.25, 0.3) is 16.7 Å². The number of carbonyl (C=O) groups is 1. The Bertz CT molecular complexity index is 1740. The molecule has 11 heteroatoms. The molecule has 0 aliphatic heterocycles. The maximum absolute atomic E-state index is 13.0. The fraction of sp³-hybridized carbons (Fsp3) is 0.143. The molecule has 0 fully saturated rings. The van der Waals surface area contributed by atoms with Gasteiger partial charge >= 0.3 is 6.18 Å². The van der Waals surface area contributed by atoms with Gasteiger partial charge in [0.1, 0.15) is 12.1 Å². The molecule has 8 nitrogen and oxygen atoms in total. The highest BCUT2D eigenvalue weighted by Gasteiger charge is 2.30. The Balaban J connectivity index is 1.36. The number of aliphatic hydroxyl groups excluding tert-OH is 1. The maximum Gasteiger partial charge on any atom is 0.416 e. The van der Waals surface area contributed by atoms with Gasteiger partial charge in [-0.15, -0.1) is 0 Å². The summed E-state index contributed by atoms with van der Waals surface area (Å²) in [6, 6.07) is 12.1. The quantitative estimate of drug-likeness (QED) is 0.324. The van der Waals surface area contributed by atoms with Crippen molar-refractivity contribution >= 4 is 22.8 Å². The average molecular weight is 531 g/mol. The van der Waals surface area contributed by atoms with Crippen molar-refractivity contribution in [2.24, 2.45) is 0 Å². The summed E-state index contributed by atoms with van der Waals surface area (Å²) >= 11 is 0. The molecule has 3 heterocycles. The summed E-state index contributed by atoms with van der Waals surface area (Å²) in [4.78, 5) is 21.0. The molecule has 0 saturated carbocycles. The molecule has 39 heavy (non-hydrogen) atoms. The van der Waals surface area contributed by atoms with Gasteiger partial charge in [-0.05, 0) is 55.0 Å². The Morgan fingerprint density at radius 2 is 1.92 bits per heavy atom. The van der Waals surface area contributed by atoms with Crippen molar-refractivity contribution in [3.05, 3.63) is 101 Å². The van der Waals surface area contributed by atoms with Crippen LogP contribution in [0.1, 0.15) is 32.6 Å². The zero-order chi connectivity index (χ0) is 27.6. The molecule has 2 N–H and O–H groups in total. The molecular formula is C28H21F3N6O2. The number of fused-ring (bicyclic) bond motifs is 1. The van der Waals surface area contributed by atoms with E-state index in [-0.39, 0.29) is 18.0 Å². The number of nitrogens with zero attached hydrogens (tertiary/aromatic N) is 5. The zero-order valence-corrected chi connectivity index (χ0v) is 20.6. The van der Waals surface area contributed by atoms with Gasteiger partial charge in [-0.2, -0.15) is 18.3 Å². The lowest BCUT2D eigenvalue weighted by Gasteiger charge is -2.09. The molecule has 0 bridgehead atoms. The number of imidazole rings is 1. The van der Waals surface area contributed by atoms with Gasteiger partial charge in [0.05, 0.1) is 41.6 Å². The first-order chi connectivity index (χ1) is 18.7. The molecule has 0 saturated heterocycles. The van der Waals surface area contributed by atoms with Crippen LogP contribution >= 0.6 is 0 Å². The lowest BCUT2D eigenvalue weighted by Crippen LogP contribution is -2.14. The Morgan fingerprint density at radius 3 is 2.72 bits per heavy atom. The predicted octanol–water partition coefficient (Wildman–Crippen LogP) is 4.59. The predicted molar refractivity (Wildman–Crippen MR) is 138 cm³/mol. The smallest absolute Gasteiger partial charge is 0.394 e. The first-order valence-corrected chi connectivity index (χ1v) is 11.8. The van der Waals surface area contributed by atoms with E-state index in [1.165, 1.54) is 0 Å². The summed E-state index contributed by atoms with van der Waals surface area (Å²) in [7, 11) is 0. The van der Waals surface area contributed by atoms with Gasteiger partial charge in [0.25, 0.3) is 5.91 Å². The van der Waals surface area contributed by atoms with E-state index in [9.17, 15) is 18.0 Å². The Morgan fingerprint density at radius 1 is 1.08 bits per heavy atom. The molecule has 3 aromatic heterocycles. The van der Waals surface area contributed by atoms with Crippen molar-refractivity contribution in [1.29, 1.82) is 0 Å². The summed E-state index contributed by atoms with van der Waals surface area (Å²) in [5.41, 5.74) is 3.89. The normalized spacial score (nSPS) is 11.3. The lowest BCUT2D eigenvalue weighted by molar-refractivity contribution is -0.137. The summed E-state index contributed by atoms with van der Waals surface area (Å²) in [5, 5.41) is 15.7. The van der Waals surface area contributed by atoms with Crippen LogP contribution in [0.4, 0.5) is 19.0 Å². The highest BCUT2D eigenvalue weighted by Crippen LogP contribution is 2.30. The molecular weight excluding hydrogens is 509 g/mol. The minimum absolute atomic E-state index is 0.00604. The highest BCUT2D eigenvalue weighted by molar-refractivity contribution is 6.04. The minimum atomic E-state index is -4.54. The number of amides is 1. The second-order valence-corrected chi connectivity index (χ2v) is 8.66. The first-order valence-electron chi connectivity index (χ1n) is 11.8. The number of anilines is 1. The van der Waals surface area contributed by atoms with Crippen LogP contribution in [0.2, 0.25) is 0 Å². The molecule has 0 aliphatic rings. The average Bonchev–Trinajstić information content (AvgIpc) is 3.54. The Labute approximate surface area is 220 Å². The van der Waals surface area contributed by atoms with Crippen molar-refractivity contribution in [3.8, 4) is 17.5 Å². The number of aromatic nitrogens is 5. The SMILES string of the molecule is Cc1ccc(C(=O)Nc2cc(C(F)(F)F)ccn2)cc1C#Cc1ccc2c(c1)ncn2-c1cnn(CCO)c1. The lowest BCUT2D eigenvalue weighted by atomic mass is 10.0. The van der Waals surface area contributed by atoms with Crippen LogP contribution in [0.5, 0.6) is 0 Å². The molecule has 5 rings (SSSR count). The molecule has 2 aromatic carbocycles. The minimum Gasteiger partial charge on any atom is -0.394 e. The second kappa shape index (κ2) is 10.4. The standard InChI is InChI=1S/C28H21F3N6O2/c1-18-2-5-21(27(39)35-26-14-22(8-9-32-26)28(29,30)31)13-20(18)6-3-19-4-7-25-24(12-19)33-17-37(25)23-15-34-36(16-23)10-11-38/h2,4-5,7-9,12-17,38H,10-11H2,1H3,(H,32,35,39). The summed E-state index contributed by atoms with van der Waals surface area (Å²) < 4.78 is 42.4. The number of halogens is 3. The molecule has 196 valence electrons. The molecule has 0 radical (unpaired) electrons. The van der Waals surface area contributed by atoms with Crippen molar-refractivity contribution in [2.75, 3.05) is 11.9 Å². The fourth-order valence-electron chi connectivity index (χ4n) is 3.90. The maximum atomic E-state index is 13.0. The summed E-state index contributed by atoms with van der Waals surface area (Å²) in [6.45, 7) is 2.24. The topological polar surface area (TPSA) is 97.9 Å². The number of aliphatic hydroxyl groups is 1. The van der Waals surface area contributed by atoms with E-state index in [1.54, 1.807) is 35.4 Å². The van der Waals surface area contributed by atoms with Gasteiger partial charge < -0.3 is 10.4 Å². The number of benzene rings is 2. The Hall–Kier alpha value is -4.95. The number of alkyl halides is 3. The number of carbonyl (C=O) groups excluding carboxylic acids is 1. The van der Waals surface area contributed by atoms with Gasteiger partial charge in [-0.1, -0.05) is 17.9 Å². The number of hydrogen-bond donors (Lipinski definition) is 2. The largest absolute Gasteiger partial charge is 0.416 e. The van der Waals surface area contributed by atoms with E-state index >= 15 is 0 Å². The van der Waals surface area contributed by atoms with Crippen molar-refractivity contribution < 1.29 is 23.1 Å². The van der Waals surface area contributed by atoms with E-state index in [4.69, 9.17) is 5.11 Å². The molecule has 0 spiro atoms. The summed E-state index contributed by atoms with van der Waals surface area (Å²) in [5.74, 6) is 5.37. The van der Waals surface area contributed by atoms with Crippen molar-refractivity contribution in [2.45, 2.75) is 19.6 Å². The van der Waals surface area contributed by atoms with E-state index in [1.807, 2.05) is 35.9 Å². The molecule has 1 amide bonds. The van der Waals surface area contributed by atoms with Crippen LogP contribution in [-0.2, 0) is 12.7 Å². The molecule has 0 aliphatic carbocycles. The number of hydrogen-bond acceptors (Lipinski definition) is 5. The molecule has 0 atom stereocenters. The van der Waals surface area contributed by atoms with Gasteiger partial charge in [0.15, 0.2) is 0 Å². The number of aryl methyl sites for hydroxylation is 1. The fourth-order valence-corrected chi connectivity index (χ4v) is 3.90. The van der Waals surface area contributed by atoms with E-state index in [0.29, 0.717) is 17.7 Å². The van der Waals surface area contributed by atoms with E-state index < -0.39 is 17.6 Å². The van der Waals surface area contributed by atoms with Gasteiger partial charge in [-0.25, -0.2) is 9.97 Å². The number of nitrogens with one attached hydrogen (secondary N) is 1. The van der Waals surface area contributed by atoms with Crippen LogP contribution in [0.15, 0.2) is 73.4 Å². The first kappa shape index (κ1) is 25.7. The third kappa shape index (κ3) is 5.66. The van der Waals surface area contributed by atoms with Crippen molar-refractivity contribution in [1.82, 2.24) is 24.3 Å². The van der Waals surface area contributed by atoms with Crippen LogP contribution in [0.3, 0.4) is 0 Å². The van der Waals surface area contributed by atoms with Gasteiger partial charge in [0, 0.05) is 29.1 Å². The number of rotatable bonds is 5. The van der Waals surface area contributed by atoms with Gasteiger partial charge in [0.2, 0.25) is 0 Å². The van der Waals surface area contributed by atoms with E-state index in [2.05, 4.69) is 32.2 Å². The third-order valence-corrected chi connectivity index (χ3v) is 5.94. The second-order valence-electron chi connectivity index (χ2n) is 8.66. The molecule has 5 aromatic rings. The van der Waals surface area contributed by atoms with Crippen LogP contribution in [0, 0.1) is 18.8 Å². The monoisotopic (exact) mass is 530 g/mol. The Kier molecular flexibility index (Phi) is 6.87. The van der Waals surface area contributed by atoms with Gasteiger partial charge in [-0.3, -0.25) is 14.0 Å². The number of pyridine rings is 1. The highest BCUT2D eigenvalue weighted by atomic mass is 19.4. The van der Waals surface area contributed by atoms with E-state index in [0.717, 1.165) is 40.6 Å².